The summed E-state index contributed by atoms with van der Waals surface area (Å²) in [7, 11) is 0. The molecule has 0 atom stereocenters. The van der Waals surface area contributed by atoms with Crippen molar-refractivity contribution in [1.82, 2.24) is 10.3 Å². The van der Waals surface area contributed by atoms with Crippen molar-refractivity contribution in [3.05, 3.63) is 77.5 Å². The first-order chi connectivity index (χ1) is 10.3. The molecule has 0 aliphatic heterocycles. The Kier molecular flexibility index (Phi) is 2.86. The molecule has 0 amide bonds. The van der Waals surface area contributed by atoms with Crippen molar-refractivity contribution >= 4 is 0 Å². The van der Waals surface area contributed by atoms with Crippen LogP contribution in [0.15, 0.2) is 59.1 Å². The molecule has 0 fully saturated rings. The molecule has 2 aromatic carbocycles. The highest BCUT2D eigenvalue weighted by atomic mass is 16.4. The Morgan fingerprint density at radius 1 is 1.00 bits per heavy atom. The van der Waals surface area contributed by atoms with Gasteiger partial charge in [0.2, 0.25) is 5.89 Å². The monoisotopic (exact) mass is 276 g/mol. The van der Waals surface area contributed by atoms with Gasteiger partial charge >= 0.3 is 0 Å². The fourth-order valence-corrected chi connectivity index (χ4v) is 3.05. The predicted molar refractivity (Wildman–Crippen MR) is 81.8 cm³/mol. The molecule has 0 unspecified atom stereocenters. The lowest BCUT2D eigenvalue weighted by molar-refractivity contribution is 0.439. The number of hydrogen-bond donors (Lipinski definition) is 1. The van der Waals surface area contributed by atoms with Crippen LogP contribution < -0.4 is 5.32 Å². The van der Waals surface area contributed by atoms with E-state index in [0.717, 1.165) is 11.7 Å². The number of aryl methyl sites for hydroxylation is 1. The second kappa shape index (κ2) is 4.86. The van der Waals surface area contributed by atoms with Crippen molar-refractivity contribution in [1.29, 1.82) is 0 Å². The topological polar surface area (TPSA) is 38.1 Å². The van der Waals surface area contributed by atoms with E-state index in [-0.39, 0.29) is 6.04 Å². The molecule has 104 valence electrons. The average molecular weight is 276 g/mol. The molecule has 1 aliphatic rings. The van der Waals surface area contributed by atoms with Gasteiger partial charge in [-0.1, -0.05) is 48.5 Å². The Labute approximate surface area is 123 Å². The smallest absolute Gasteiger partial charge is 0.208 e. The largest absolute Gasteiger partial charge is 0.445 e. The molecule has 3 aromatic rings. The van der Waals surface area contributed by atoms with Crippen molar-refractivity contribution in [3.63, 3.8) is 0 Å². The first-order valence-electron chi connectivity index (χ1n) is 7.16. The molecular formula is C18H16N2O. The zero-order valence-electron chi connectivity index (χ0n) is 11.8. The minimum atomic E-state index is 0.199. The summed E-state index contributed by atoms with van der Waals surface area (Å²) in [6.45, 7) is 2.54. The third kappa shape index (κ3) is 2.06. The number of rotatable bonds is 3. The number of oxazole rings is 1. The van der Waals surface area contributed by atoms with E-state index in [1.54, 1.807) is 6.20 Å². The van der Waals surface area contributed by atoms with Gasteiger partial charge < -0.3 is 4.42 Å². The lowest BCUT2D eigenvalue weighted by Crippen LogP contribution is -2.20. The number of aromatic nitrogens is 1. The molecule has 3 heteroatoms. The van der Waals surface area contributed by atoms with E-state index in [2.05, 4.69) is 58.8 Å². The van der Waals surface area contributed by atoms with Crippen molar-refractivity contribution in [2.45, 2.75) is 19.5 Å². The summed E-state index contributed by atoms with van der Waals surface area (Å²) in [5.74, 6) is 1.58. The molecule has 0 saturated heterocycles. The molecule has 21 heavy (non-hydrogen) atoms. The molecule has 1 heterocycles. The first-order valence-corrected chi connectivity index (χ1v) is 7.16. The molecular weight excluding hydrogens is 260 g/mol. The van der Waals surface area contributed by atoms with E-state index >= 15 is 0 Å². The van der Waals surface area contributed by atoms with Gasteiger partial charge in [-0.15, -0.1) is 0 Å². The van der Waals surface area contributed by atoms with Gasteiger partial charge in [-0.3, -0.25) is 5.32 Å². The fourth-order valence-electron chi connectivity index (χ4n) is 3.05. The molecule has 0 bridgehead atoms. The maximum atomic E-state index is 5.55. The summed E-state index contributed by atoms with van der Waals surface area (Å²) >= 11 is 0. The van der Waals surface area contributed by atoms with Crippen LogP contribution in [0, 0.1) is 6.92 Å². The molecule has 0 saturated carbocycles. The number of nitrogens with zero attached hydrogens (tertiary/aromatic N) is 1. The lowest BCUT2D eigenvalue weighted by atomic mass is 10.1. The van der Waals surface area contributed by atoms with Crippen LogP contribution >= 0.6 is 0 Å². The van der Waals surface area contributed by atoms with E-state index in [9.17, 15) is 0 Å². The van der Waals surface area contributed by atoms with Crippen molar-refractivity contribution in [2.24, 2.45) is 0 Å². The van der Waals surface area contributed by atoms with Gasteiger partial charge in [0.25, 0.3) is 0 Å². The number of nitrogens with one attached hydrogen (secondary N) is 1. The van der Waals surface area contributed by atoms with Crippen molar-refractivity contribution in [3.8, 4) is 11.1 Å². The number of benzene rings is 2. The Morgan fingerprint density at radius 2 is 1.62 bits per heavy atom. The number of hydrogen-bond acceptors (Lipinski definition) is 3. The standard InChI is InChI=1S/C18H16N2O/c1-12-10-19-17(21-12)11-20-18-15-8-4-2-6-13(15)14-7-3-5-9-16(14)18/h2-10,18,20H,11H2,1H3. The predicted octanol–water partition coefficient (Wildman–Crippen LogP) is 3.84. The highest BCUT2D eigenvalue weighted by molar-refractivity contribution is 5.78. The van der Waals surface area contributed by atoms with E-state index in [1.165, 1.54) is 22.3 Å². The second-order valence-corrected chi connectivity index (χ2v) is 5.35. The van der Waals surface area contributed by atoms with E-state index < -0.39 is 0 Å². The van der Waals surface area contributed by atoms with Crippen LogP contribution in [0.1, 0.15) is 28.8 Å². The maximum Gasteiger partial charge on any atom is 0.208 e. The quantitative estimate of drug-likeness (QED) is 0.789. The molecule has 0 radical (unpaired) electrons. The van der Waals surface area contributed by atoms with Gasteiger partial charge in [0.15, 0.2) is 0 Å². The summed E-state index contributed by atoms with van der Waals surface area (Å²) in [4.78, 5) is 4.26. The van der Waals surface area contributed by atoms with Crippen LogP contribution in [0.4, 0.5) is 0 Å². The van der Waals surface area contributed by atoms with Gasteiger partial charge in [0, 0.05) is 0 Å². The minimum Gasteiger partial charge on any atom is -0.445 e. The molecule has 1 aromatic heterocycles. The summed E-state index contributed by atoms with van der Waals surface area (Å²) < 4.78 is 5.55. The molecule has 1 N–H and O–H groups in total. The zero-order valence-corrected chi connectivity index (χ0v) is 11.8. The first kappa shape index (κ1) is 12.4. The highest BCUT2D eigenvalue weighted by Gasteiger charge is 2.27. The molecule has 1 aliphatic carbocycles. The van der Waals surface area contributed by atoms with Crippen molar-refractivity contribution < 1.29 is 4.42 Å². The van der Waals surface area contributed by atoms with Gasteiger partial charge in [0.1, 0.15) is 5.76 Å². The second-order valence-electron chi connectivity index (χ2n) is 5.35. The third-order valence-electron chi connectivity index (χ3n) is 3.96. The van der Waals surface area contributed by atoms with Crippen LogP contribution in [-0.4, -0.2) is 4.98 Å². The molecule has 4 rings (SSSR count). The van der Waals surface area contributed by atoms with Gasteiger partial charge in [0.05, 0.1) is 18.8 Å². The normalized spacial score (nSPS) is 13.2. The Morgan fingerprint density at radius 3 is 2.19 bits per heavy atom. The highest BCUT2D eigenvalue weighted by Crippen LogP contribution is 2.43. The van der Waals surface area contributed by atoms with Gasteiger partial charge in [-0.05, 0) is 29.2 Å². The van der Waals surface area contributed by atoms with Crippen molar-refractivity contribution in [2.75, 3.05) is 0 Å². The van der Waals surface area contributed by atoms with Gasteiger partial charge in [-0.2, -0.15) is 0 Å². The van der Waals surface area contributed by atoms with E-state index in [1.807, 2.05) is 6.92 Å². The average Bonchev–Trinajstić information content (AvgIpc) is 3.07. The SMILES string of the molecule is Cc1cnc(CNC2c3ccccc3-c3ccccc32)o1. The van der Waals surface area contributed by atoms with E-state index in [4.69, 9.17) is 4.42 Å². The Bertz CT molecular complexity index is 746. The summed E-state index contributed by atoms with van der Waals surface area (Å²) in [5.41, 5.74) is 5.27. The summed E-state index contributed by atoms with van der Waals surface area (Å²) in [6.07, 6.45) is 1.76. The number of fused-ring (bicyclic) bond motifs is 3. The molecule has 0 spiro atoms. The van der Waals surface area contributed by atoms with Crippen LogP contribution in [0.5, 0.6) is 0 Å². The minimum absolute atomic E-state index is 0.199. The maximum absolute atomic E-state index is 5.55. The summed E-state index contributed by atoms with van der Waals surface area (Å²) in [5, 5.41) is 3.57. The van der Waals surface area contributed by atoms with Crippen LogP contribution in [-0.2, 0) is 6.54 Å². The Balaban J connectivity index is 1.68. The van der Waals surface area contributed by atoms with Crippen LogP contribution in [0.3, 0.4) is 0 Å². The van der Waals surface area contributed by atoms with Gasteiger partial charge in [-0.25, -0.2) is 4.98 Å². The molecule has 3 nitrogen and oxygen atoms in total. The van der Waals surface area contributed by atoms with E-state index in [0.29, 0.717) is 6.54 Å². The van der Waals surface area contributed by atoms with Crippen LogP contribution in [0.2, 0.25) is 0 Å². The fraction of sp³-hybridized carbons (Fsp3) is 0.167. The summed E-state index contributed by atoms with van der Waals surface area (Å²) in [6, 6.07) is 17.3. The lowest BCUT2D eigenvalue weighted by Gasteiger charge is -2.14. The zero-order chi connectivity index (χ0) is 14.2. The Hall–Kier alpha value is -2.39. The van der Waals surface area contributed by atoms with Crippen LogP contribution in [0.25, 0.3) is 11.1 Å². The third-order valence-corrected chi connectivity index (χ3v) is 3.96.